The third kappa shape index (κ3) is 5.01. The van der Waals surface area contributed by atoms with Gasteiger partial charge in [0.15, 0.2) is 0 Å². The Morgan fingerprint density at radius 1 is 1.38 bits per heavy atom. The molecular formula is C18H23FN2O5. The van der Waals surface area contributed by atoms with Gasteiger partial charge in [0.25, 0.3) is 0 Å². The van der Waals surface area contributed by atoms with Gasteiger partial charge in [0.1, 0.15) is 11.2 Å². The van der Waals surface area contributed by atoms with Gasteiger partial charge in [-0.15, -0.1) is 0 Å². The second-order valence-electron chi connectivity index (χ2n) is 6.52. The first-order valence-electron chi connectivity index (χ1n) is 8.37. The number of piperidine rings is 1. The molecule has 1 aromatic rings. The molecule has 2 rings (SSSR count). The minimum atomic E-state index is -1.12. The van der Waals surface area contributed by atoms with E-state index in [0.29, 0.717) is 24.9 Å². The number of halogens is 1. The number of hydrogen-bond acceptors (Lipinski definition) is 4. The molecule has 0 bridgehead atoms. The van der Waals surface area contributed by atoms with Gasteiger partial charge in [0.05, 0.1) is 19.6 Å². The number of carbonyl (C=O) groups excluding carboxylic acids is 2. The third-order valence-electron chi connectivity index (χ3n) is 4.49. The van der Waals surface area contributed by atoms with Crippen molar-refractivity contribution in [2.45, 2.75) is 19.3 Å². The quantitative estimate of drug-likeness (QED) is 0.745. The summed E-state index contributed by atoms with van der Waals surface area (Å²) in [5, 5.41) is 12.0. The molecule has 0 aliphatic carbocycles. The molecule has 1 fully saturated rings. The minimum Gasteiger partial charge on any atom is -0.481 e. The van der Waals surface area contributed by atoms with Crippen molar-refractivity contribution in [3.8, 4) is 0 Å². The Kier molecular flexibility index (Phi) is 6.68. The normalized spacial score (nSPS) is 19.8. The topological polar surface area (TPSA) is 95.9 Å². The second kappa shape index (κ2) is 8.75. The molecular weight excluding hydrogens is 343 g/mol. The Labute approximate surface area is 151 Å². The van der Waals surface area contributed by atoms with E-state index in [-0.39, 0.29) is 32.0 Å². The van der Waals surface area contributed by atoms with Gasteiger partial charge >= 0.3 is 5.97 Å². The van der Waals surface area contributed by atoms with Gasteiger partial charge in [0, 0.05) is 20.2 Å². The SMILES string of the molecule is COCC1(C(=O)O)CCCN(C(=O)CNC(=O)Cc2cccc(F)c2)C1. The predicted molar refractivity (Wildman–Crippen MR) is 90.9 cm³/mol. The summed E-state index contributed by atoms with van der Waals surface area (Å²) in [6.07, 6.45) is 0.957. The lowest BCUT2D eigenvalue weighted by atomic mass is 9.80. The molecule has 0 radical (unpaired) electrons. The lowest BCUT2D eigenvalue weighted by Crippen LogP contribution is -2.53. The zero-order valence-corrected chi connectivity index (χ0v) is 14.7. The number of nitrogens with zero attached hydrogens (tertiary/aromatic N) is 1. The van der Waals surface area contributed by atoms with Gasteiger partial charge in [-0.05, 0) is 30.5 Å². The first-order valence-corrected chi connectivity index (χ1v) is 8.37. The zero-order valence-electron chi connectivity index (χ0n) is 14.7. The molecule has 8 heteroatoms. The first kappa shape index (κ1) is 19.8. The molecule has 0 saturated carbocycles. The highest BCUT2D eigenvalue weighted by molar-refractivity contribution is 5.86. The number of amides is 2. The molecule has 1 atom stereocenters. The van der Waals surface area contributed by atoms with Crippen LogP contribution in [0.5, 0.6) is 0 Å². The largest absolute Gasteiger partial charge is 0.481 e. The number of carbonyl (C=O) groups is 3. The van der Waals surface area contributed by atoms with Gasteiger partial charge in [-0.2, -0.15) is 0 Å². The van der Waals surface area contributed by atoms with Crippen molar-refractivity contribution in [2.75, 3.05) is 33.4 Å². The molecule has 1 saturated heterocycles. The monoisotopic (exact) mass is 366 g/mol. The van der Waals surface area contributed by atoms with Gasteiger partial charge in [-0.25, -0.2) is 4.39 Å². The van der Waals surface area contributed by atoms with Gasteiger partial charge in [-0.1, -0.05) is 12.1 Å². The van der Waals surface area contributed by atoms with E-state index in [4.69, 9.17) is 4.74 Å². The molecule has 1 aliphatic rings. The van der Waals surface area contributed by atoms with E-state index in [1.54, 1.807) is 6.07 Å². The fraction of sp³-hybridized carbons (Fsp3) is 0.500. The van der Waals surface area contributed by atoms with Crippen molar-refractivity contribution in [1.29, 1.82) is 0 Å². The first-order chi connectivity index (χ1) is 12.4. The zero-order chi connectivity index (χ0) is 19.2. The number of carboxylic acid groups (broad SMARTS) is 1. The number of likely N-dealkylation sites (tertiary alicyclic amines) is 1. The van der Waals surface area contributed by atoms with Crippen molar-refractivity contribution in [2.24, 2.45) is 5.41 Å². The van der Waals surface area contributed by atoms with Crippen molar-refractivity contribution >= 4 is 17.8 Å². The van der Waals surface area contributed by atoms with Crippen LogP contribution in [0.3, 0.4) is 0 Å². The summed E-state index contributed by atoms with van der Waals surface area (Å²) < 4.78 is 18.2. The summed E-state index contributed by atoms with van der Waals surface area (Å²) in [5.74, 6) is -2.17. The standard InChI is InChI=1S/C18H23FN2O5/c1-26-12-18(17(24)25)6-3-7-21(11-18)16(23)10-20-15(22)9-13-4-2-5-14(19)8-13/h2,4-5,8H,3,6-7,9-12H2,1H3,(H,20,22)(H,24,25). The number of ether oxygens (including phenoxy) is 1. The molecule has 1 aliphatic heterocycles. The summed E-state index contributed by atoms with van der Waals surface area (Å²) in [5.41, 5.74) is -0.605. The molecule has 1 heterocycles. The highest BCUT2D eigenvalue weighted by Crippen LogP contribution is 2.30. The van der Waals surface area contributed by atoms with E-state index in [2.05, 4.69) is 5.32 Å². The maximum Gasteiger partial charge on any atom is 0.313 e. The van der Waals surface area contributed by atoms with Crippen LogP contribution in [-0.4, -0.2) is 61.1 Å². The number of hydrogen-bond donors (Lipinski definition) is 2. The summed E-state index contributed by atoms with van der Waals surface area (Å²) in [4.78, 5) is 37.3. The third-order valence-corrected chi connectivity index (χ3v) is 4.49. The number of methoxy groups -OCH3 is 1. The molecule has 26 heavy (non-hydrogen) atoms. The molecule has 2 amide bonds. The smallest absolute Gasteiger partial charge is 0.313 e. The van der Waals surface area contributed by atoms with Crippen molar-refractivity contribution in [3.05, 3.63) is 35.6 Å². The number of aliphatic carboxylic acids is 1. The Balaban J connectivity index is 1.88. The lowest BCUT2D eigenvalue weighted by Gasteiger charge is -2.39. The summed E-state index contributed by atoms with van der Waals surface area (Å²) >= 11 is 0. The summed E-state index contributed by atoms with van der Waals surface area (Å²) in [6, 6.07) is 5.69. The van der Waals surface area contributed by atoms with Crippen LogP contribution in [-0.2, 0) is 25.5 Å². The summed E-state index contributed by atoms with van der Waals surface area (Å²) in [7, 11) is 1.43. The average molecular weight is 366 g/mol. The molecule has 0 spiro atoms. The van der Waals surface area contributed by atoms with E-state index in [1.165, 1.54) is 30.2 Å². The van der Waals surface area contributed by atoms with Gasteiger partial charge in [0.2, 0.25) is 11.8 Å². The van der Waals surface area contributed by atoms with E-state index in [9.17, 15) is 23.9 Å². The Morgan fingerprint density at radius 3 is 2.81 bits per heavy atom. The molecule has 0 aromatic heterocycles. The maximum absolute atomic E-state index is 13.1. The van der Waals surface area contributed by atoms with Crippen molar-refractivity contribution in [3.63, 3.8) is 0 Å². The molecule has 1 unspecified atom stereocenters. The Bertz CT molecular complexity index is 677. The molecule has 7 nitrogen and oxygen atoms in total. The number of carboxylic acids is 1. The van der Waals surface area contributed by atoms with E-state index < -0.39 is 23.1 Å². The summed E-state index contributed by atoms with van der Waals surface area (Å²) in [6.45, 7) is 0.293. The lowest BCUT2D eigenvalue weighted by molar-refractivity contribution is -0.159. The number of benzene rings is 1. The van der Waals surface area contributed by atoms with Crippen molar-refractivity contribution in [1.82, 2.24) is 10.2 Å². The number of rotatable bonds is 7. The number of nitrogens with one attached hydrogen (secondary N) is 1. The molecule has 1 aromatic carbocycles. The van der Waals surface area contributed by atoms with Crippen LogP contribution in [0.1, 0.15) is 18.4 Å². The Morgan fingerprint density at radius 2 is 2.15 bits per heavy atom. The predicted octanol–water partition coefficient (Wildman–Crippen LogP) is 0.824. The second-order valence-corrected chi connectivity index (χ2v) is 6.52. The van der Waals surface area contributed by atoms with Gasteiger partial charge in [-0.3, -0.25) is 14.4 Å². The van der Waals surface area contributed by atoms with Crippen molar-refractivity contribution < 1.29 is 28.6 Å². The molecule has 2 N–H and O–H groups in total. The van der Waals surface area contributed by atoms with E-state index in [0.717, 1.165) is 0 Å². The fourth-order valence-corrected chi connectivity index (χ4v) is 3.16. The van der Waals surface area contributed by atoms with Crippen LogP contribution in [0, 0.1) is 11.2 Å². The van der Waals surface area contributed by atoms with Crippen LogP contribution in [0.2, 0.25) is 0 Å². The van der Waals surface area contributed by atoms with Crippen LogP contribution < -0.4 is 5.32 Å². The van der Waals surface area contributed by atoms with E-state index >= 15 is 0 Å². The van der Waals surface area contributed by atoms with E-state index in [1.807, 2.05) is 0 Å². The Hall–Kier alpha value is -2.48. The average Bonchev–Trinajstić information content (AvgIpc) is 2.60. The minimum absolute atomic E-state index is 0.0258. The van der Waals surface area contributed by atoms with Crippen LogP contribution >= 0.6 is 0 Å². The highest BCUT2D eigenvalue weighted by atomic mass is 19.1. The van der Waals surface area contributed by atoms with Crippen LogP contribution in [0.15, 0.2) is 24.3 Å². The maximum atomic E-state index is 13.1. The molecule has 142 valence electrons. The van der Waals surface area contributed by atoms with Crippen LogP contribution in [0.25, 0.3) is 0 Å². The van der Waals surface area contributed by atoms with Gasteiger partial charge < -0.3 is 20.1 Å². The van der Waals surface area contributed by atoms with Crippen LogP contribution in [0.4, 0.5) is 4.39 Å². The highest BCUT2D eigenvalue weighted by Gasteiger charge is 2.43. The fourth-order valence-electron chi connectivity index (χ4n) is 3.16.